The number of aromatic nitrogens is 2. The maximum atomic E-state index is 10.8. The van der Waals surface area contributed by atoms with Crippen molar-refractivity contribution in [3.05, 3.63) is 47.1 Å². The Morgan fingerprint density at radius 1 is 1.42 bits per heavy atom. The molecule has 0 saturated heterocycles. The summed E-state index contributed by atoms with van der Waals surface area (Å²) in [6.45, 7) is 1.56. The summed E-state index contributed by atoms with van der Waals surface area (Å²) < 4.78 is 0. The number of hydrogen-bond acceptors (Lipinski definition) is 3. The molecule has 0 aliphatic rings. The van der Waals surface area contributed by atoms with Gasteiger partial charge in [0.05, 0.1) is 11.9 Å². The minimum atomic E-state index is 0.120. The van der Waals surface area contributed by atoms with Gasteiger partial charge >= 0.3 is 0 Å². The highest BCUT2D eigenvalue weighted by molar-refractivity contribution is 8.13. The molecule has 1 N–H and O–H groups in total. The number of carbonyl (C=O) groups excluding carboxylic acids is 1. The van der Waals surface area contributed by atoms with E-state index in [0.717, 1.165) is 16.8 Å². The van der Waals surface area contributed by atoms with E-state index in [4.69, 9.17) is 11.6 Å². The Bertz CT molecular complexity index is 590. The molecule has 0 fully saturated rings. The van der Waals surface area contributed by atoms with E-state index in [1.165, 1.54) is 11.8 Å². The Balaban J connectivity index is 2.13. The number of thioether (sulfide) groups is 1. The molecule has 98 valence electrons. The molecule has 1 aromatic heterocycles. The van der Waals surface area contributed by atoms with Gasteiger partial charge in [-0.25, -0.2) is 0 Å². The highest BCUT2D eigenvalue weighted by Gasteiger charge is 2.04. The zero-order valence-corrected chi connectivity index (χ0v) is 12.0. The molecular formula is C14H13ClN2OS. The van der Waals surface area contributed by atoms with Gasteiger partial charge in [0.1, 0.15) is 0 Å². The maximum absolute atomic E-state index is 10.8. The van der Waals surface area contributed by atoms with Gasteiger partial charge in [-0.2, -0.15) is 5.10 Å². The van der Waals surface area contributed by atoms with E-state index in [9.17, 15) is 4.79 Å². The lowest BCUT2D eigenvalue weighted by atomic mass is 10.1. The van der Waals surface area contributed by atoms with Crippen molar-refractivity contribution >= 4 is 34.6 Å². The molecule has 19 heavy (non-hydrogen) atoms. The van der Waals surface area contributed by atoms with Crippen LogP contribution in [0.25, 0.3) is 17.3 Å². The third-order valence-electron chi connectivity index (χ3n) is 2.48. The first-order valence-electron chi connectivity index (χ1n) is 5.76. The van der Waals surface area contributed by atoms with Crippen LogP contribution >= 0.6 is 23.4 Å². The summed E-state index contributed by atoms with van der Waals surface area (Å²) in [5.74, 6) is 0.667. The second-order valence-electron chi connectivity index (χ2n) is 3.91. The Morgan fingerprint density at radius 2 is 2.16 bits per heavy atom. The number of nitrogens with zero attached hydrogens (tertiary/aromatic N) is 1. The van der Waals surface area contributed by atoms with Crippen LogP contribution in [0, 0.1) is 0 Å². The van der Waals surface area contributed by atoms with Gasteiger partial charge in [-0.05, 0) is 12.1 Å². The smallest absolute Gasteiger partial charge is 0.186 e. The van der Waals surface area contributed by atoms with Crippen molar-refractivity contribution in [3.63, 3.8) is 0 Å². The quantitative estimate of drug-likeness (QED) is 0.925. The zero-order valence-electron chi connectivity index (χ0n) is 10.4. The van der Waals surface area contributed by atoms with Crippen LogP contribution < -0.4 is 0 Å². The summed E-state index contributed by atoms with van der Waals surface area (Å²) in [6.07, 6.45) is 5.68. The Kier molecular flexibility index (Phi) is 4.82. The molecule has 3 nitrogen and oxygen atoms in total. The largest absolute Gasteiger partial charge is 0.288 e. The van der Waals surface area contributed by atoms with Crippen molar-refractivity contribution in [2.75, 3.05) is 5.75 Å². The van der Waals surface area contributed by atoms with E-state index in [2.05, 4.69) is 10.2 Å². The molecule has 2 rings (SSSR count). The molecule has 5 heteroatoms. The SMILES string of the molecule is CC(=O)SCC=Cc1cn[nH]c1-c1ccc(Cl)cc1. The molecule has 2 aromatic rings. The summed E-state index contributed by atoms with van der Waals surface area (Å²) in [5.41, 5.74) is 2.97. The lowest BCUT2D eigenvalue weighted by Gasteiger charge is -2.00. The number of aromatic amines is 1. The van der Waals surface area contributed by atoms with Gasteiger partial charge in [-0.3, -0.25) is 9.89 Å². The first-order valence-corrected chi connectivity index (χ1v) is 7.12. The van der Waals surface area contributed by atoms with Gasteiger partial charge in [0.2, 0.25) is 0 Å². The number of benzene rings is 1. The predicted molar refractivity (Wildman–Crippen MR) is 81.2 cm³/mol. The monoisotopic (exact) mass is 292 g/mol. The first kappa shape index (κ1) is 13.9. The Hall–Kier alpha value is -1.52. The van der Waals surface area contributed by atoms with Crippen molar-refractivity contribution in [3.8, 4) is 11.3 Å². The van der Waals surface area contributed by atoms with Crippen LogP contribution in [-0.4, -0.2) is 21.1 Å². The molecule has 0 spiro atoms. The summed E-state index contributed by atoms with van der Waals surface area (Å²) in [6, 6.07) is 7.57. The molecule has 0 atom stereocenters. The predicted octanol–water partition coefficient (Wildman–Crippen LogP) is 4.02. The number of carbonyl (C=O) groups is 1. The van der Waals surface area contributed by atoms with Crippen molar-refractivity contribution < 1.29 is 4.79 Å². The van der Waals surface area contributed by atoms with E-state index in [1.807, 2.05) is 36.4 Å². The third kappa shape index (κ3) is 3.98. The summed E-state index contributed by atoms with van der Waals surface area (Å²) >= 11 is 7.15. The molecule has 0 saturated carbocycles. The van der Waals surface area contributed by atoms with Crippen molar-refractivity contribution in [1.82, 2.24) is 10.2 Å². The van der Waals surface area contributed by atoms with Crippen LogP contribution in [0.4, 0.5) is 0 Å². The maximum Gasteiger partial charge on any atom is 0.186 e. The summed E-state index contributed by atoms with van der Waals surface area (Å²) in [4.78, 5) is 10.8. The molecular weight excluding hydrogens is 280 g/mol. The van der Waals surface area contributed by atoms with Gasteiger partial charge in [0.25, 0.3) is 0 Å². The van der Waals surface area contributed by atoms with E-state index in [1.54, 1.807) is 13.1 Å². The van der Waals surface area contributed by atoms with Crippen molar-refractivity contribution in [1.29, 1.82) is 0 Å². The van der Waals surface area contributed by atoms with Crippen molar-refractivity contribution in [2.45, 2.75) is 6.92 Å². The highest BCUT2D eigenvalue weighted by Crippen LogP contribution is 2.23. The summed E-state index contributed by atoms with van der Waals surface area (Å²) in [5, 5.41) is 7.85. The lowest BCUT2D eigenvalue weighted by Crippen LogP contribution is -1.83. The highest BCUT2D eigenvalue weighted by atomic mass is 35.5. The van der Waals surface area contributed by atoms with Gasteiger partial charge in [0, 0.05) is 28.8 Å². The molecule has 0 bridgehead atoms. The number of H-pyrrole nitrogens is 1. The summed E-state index contributed by atoms with van der Waals surface area (Å²) in [7, 11) is 0. The molecule has 1 heterocycles. The molecule has 0 aliphatic heterocycles. The van der Waals surface area contributed by atoms with Crippen LogP contribution in [0.15, 0.2) is 36.5 Å². The van der Waals surface area contributed by atoms with E-state index >= 15 is 0 Å². The number of nitrogens with one attached hydrogen (secondary N) is 1. The number of hydrogen-bond donors (Lipinski definition) is 1. The minimum Gasteiger partial charge on any atom is -0.288 e. The second kappa shape index (κ2) is 6.59. The standard InChI is InChI=1S/C14H13ClN2OS/c1-10(18)19-8-2-3-12-9-16-17-14(12)11-4-6-13(15)7-5-11/h2-7,9H,8H2,1H3,(H,16,17). The third-order valence-corrected chi connectivity index (χ3v) is 3.50. The van der Waals surface area contributed by atoms with Gasteiger partial charge in [-0.15, -0.1) is 0 Å². The van der Waals surface area contributed by atoms with Crippen molar-refractivity contribution in [2.24, 2.45) is 0 Å². The van der Waals surface area contributed by atoms with Crippen LogP contribution in [0.1, 0.15) is 12.5 Å². The second-order valence-corrected chi connectivity index (χ2v) is 5.55. The minimum absolute atomic E-state index is 0.120. The number of halogens is 1. The molecule has 1 aromatic carbocycles. The molecule has 0 unspecified atom stereocenters. The van der Waals surface area contributed by atoms with Gasteiger partial charge < -0.3 is 0 Å². The van der Waals surface area contributed by atoms with Crippen LogP contribution in [0.2, 0.25) is 5.02 Å². The lowest BCUT2D eigenvalue weighted by molar-refractivity contribution is -0.109. The first-order chi connectivity index (χ1) is 9.16. The zero-order chi connectivity index (χ0) is 13.7. The van der Waals surface area contributed by atoms with Crippen LogP contribution in [0.5, 0.6) is 0 Å². The Labute approximate surface area is 121 Å². The molecule has 0 amide bonds. The topological polar surface area (TPSA) is 45.8 Å². The van der Waals surface area contributed by atoms with E-state index in [-0.39, 0.29) is 5.12 Å². The van der Waals surface area contributed by atoms with Crippen LogP contribution in [-0.2, 0) is 4.79 Å². The van der Waals surface area contributed by atoms with E-state index < -0.39 is 0 Å². The van der Waals surface area contributed by atoms with E-state index in [0.29, 0.717) is 10.8 Å². The fraction of sp³-hybridized carbons (Fsp3) is 0.143. The average Bonchev–Trinajstić information content (AvgIpc) is 2.84. The van der Waals surface area contributed by atoms with Gasteiger partial charge in [0.15, 0.2) is 5.12 Å². The average molecular weight is 293 g/mol. The van der Waals surface area contributed by atoms with Gasteiger partial charge in [-0.1, -0.05) is 47.6 Å². The van der Waals surface area contributed by atoms with Crippen LogP contribution in [0.3, 0.4) is 0 Å². The molecule has 0 aliphatic carbocycles. The normalized spacial score (nSPS) is 11.1. The fourth-order valence-electron chi connectivity index (χ4n) is 1.61. The number of rotatable bonds is 4. The Morgan fingerprint density at radius 3 is 2.84 bits per heavy atom. The fourth-order valence-corrected chi connectivity index (χ4v) is 2.16. The molecule has 0 radical (unpaired) electrons.